The minimum atomic E-state index is -0.361. The smallest absolute Gasteiger partial charge is 0.340 e. The number of anilines is 1. The van der Waals surface area contributed by atoms with Gasteiger partial charge in [0.1, 0.15) is 0 Å². The molecule has 0 atom stereocenters. The van der Waals surface area contributed by atoms with Gasteiger partial charge >= 0.3 is 5.97 Å². The van der Waals surface area contributed by atoms with Gasteiger partial charge in [-0.25, -0.2) is 14.8 Å². The maximum absolute atomic E-state index is 12.7. The summed E-state index contributed by atoms with van der Waals surface area (Å²) >= 11 is 1.58. The molecule has 3 aromatic rings. The molecule has 0 aromatic carbocycles. The second-order valence-electron chi connectivity index (χ2n) is 6.50. The van der Waals surface area contributed by atoms with Crippen molar-refractivity contribution in [2.45, 2.75) is 39.5 Å². The Hall–Kier alpha value is -2.47. The van der Waals surface area contributed by atoms with Gasteiger partial charge in [0.2, 0.25) is 0 Å². The lowest BCUT2D eigenvalue weighted by Gasteiger charge is -2.21. The number of esters is 1. The molecule has 0 spiro atoms. The third-order valence-corrected chi connectivity index (χ3v) is 5.77. The van der Waals surface area contributed by atoms with Crippen LogP contribution in [0.1, 0.15) is 47.1 Å². The zero-order chi connectivity index (χ0) is 18.3. The molecule has 134 valence electrons. The molecule has 2 N–H and O–H groups in total. The van der Waals surface area contributed by atoms with Crippen LogP contribution in [0, 0.1) is 6.92 Å². The number of thiophene rings is 1. The van der Waals surface area contributed by atoms with Crippen LogP contribution in [0.25, 0.3) is 21.5 Å². The fourth-order valence-corrected chi connectivity index (χ4v) is 4.51. The Bertz CT molecular complexity index is 996. The number of aryl methyl sites for hydroxylation is 2. The normalized spacial score (nSPS) is 13.6. The summed E-state index contributed by atoms with van der Waals surface area (Å²) in [6.07, 6.45) is 4.10. The first-order chi connectivity index (χ1) is 12.6. The molecule has 0 saturated heterocycles. The molecule has 6 heteroatoms. The molecule has 0 amide bonds. The lowest BCUT2D eigenvalue weighted by molar-refractivity contribution is 0.0526. The largest absolute Gasteiger partial charge is 0.462 e. The number of ether oxygens (including phenoxy) is 1. The van der Waals surface area contributed by atoms with Crippen LogP contribution in [0.4, 0.5) is 5.69 Å². The molecule has 0 unspecified atom stereocenters. The number of aromatic nitrogens is 2. The van der Waals surface area contributed by atoms with Crippen molar-refractivity contribution >= 4 is 34.0 Å². The van der Waals surface area contributed by atoms with Crippen LogP contribution >= 0.6 is 11.3 Å². The number of nitrogen functional groups attached to an aromatic ring is 1. The molecule has 1 aliphatic carbocycles. The average molecular weight is 367 g/mol. The summed E-state index contributed by atoms with van der Waals surface area (Å²) in [4.78, 5) is 23.1. The molecule has 0 radical (unpaired) electrons. The second-order valence-corrected chi connectivity index (χ2v) is 7.45. The summed E-state index contributed by atoms with van der Waals surface area (Å²) in [5.74, 6) is -0.361. The van der Waals surface area contributed by atoms with Crippen molar-refractivity contribution in [3.05, 3.63) is 40.0 Å². The lowest BCUT2D eigenvalue weighted by Crippen LogP contribution is -2.14. The highest BCUT2D eigenvalue weighted by Gasteiger charge is 2.26. The third-order valence-electron chi connectivity index (χ3n) is 4.88. The first-order valence-corrected chi connectivity index (χ1v) is 9.82. The zero-order valence-electron chi connectivity index (χ0n) is 15.0. The average Bonchev–Trinajstić information content (AvgIpc) is 3.15. The highest BCUT2D eigenvalue weighted by molar-refractivity contribution is 7.13. The van der Waals surface area contributed by atoms with Crippen LogP contribution in [-0.2, 0) is 17.6 Å². The van der Waals surface area contributed by atoms with E-state index >= 15 is 0 Å². The van der Waals surface area contributed by atoms with Gasteiger partial charge in [-0.2, -0.15) is 0 Å². The summed E-state index contributed by atoms with van der Waals surface area (Å²) in [5, 5.41) is 2.77. The number of nitrogens with zero attached hydrogens (tertiary/aromatic N) is 2. The van der Waals surface area contributed by atoms with Crippen LogP contribution in [0.3, 0.4) is 0 Å². The molecule has 5 nitrogen and oxygen atoms in total. The standard InChI is InChI=1S/C20H21N3O2S/c1-3-25-20(24)15-11(2)22-19-17(16(15)14-9-6-10-26-14)18(21)12-7-4-5-8-13(12)23-19/h6,9-10H,3-5,7-8H2,1-2H3,(H2,21,22,23). The van der Waals surface area contributed by atoms with Gasteiger partial charge in [0.05, 0.1) is 23.3 Å². The van der Waals surface area contributed by atoms with E-state index in [1.54, 1.807) is 18.3 Å². The van der Waals surface area contributed by atoms with Crippen LogP contribution in [0.5, 0.6) is 0 Å². The maximum Gasteiger partial charge on any atom is 0.340 e. The van der Waals surface area contributed by atoms with Crippen LogP contribution in [0.2, 0.25) is 0 Å². The Labute approximate surface area is 156 Å². The lowest BCUT2D eigenvalue weighted by atomic mass is 9.91. The summed E-state index contributed by atoms with van der Waals surface area (Å²) in [7, 11) is 0. The minimum absolute atomic E-state index is 0.318. The zero-order valence-corrected chi connectivity index (χ0v) is 15.8. The fraction of sp³-hybridized carbons (Fsp3) is 0.350. The summed E-state index contributed by atoms with van der Waals surface area (Å²) in [5.41, 5.74) is 12.0. The van der Waals surface area contributed by atoms with Gasteiger partial charge in [-0.05, 0) is 56.5 Å². The first-order valence-electron chi connectivity index (χ1n) is 8.94. The number of nitrogens with two attached hydrogens (primary N) is 1. The van der Waals surface area contributed by atoms with Crippen LogP contribution in [-0.4, -0.2) is 22.5 Å². The Morgan fingerprint density at radius 1 is 1.31 bits per heavy atom. The quantitative estimate of drug-likeness (QED) is 0.698. The maximum atomic E-state index is 12.7. The van der Waals surface area contributed by atoms with Crippen molar-refractivity contribution in [2.75, 3.05) is 12.3 Å². The van der Waals surface area contributed by atoms with E-state index in [9.17, 15) is 4.79 Å². The first kappa shape index (κ1) is 17.0. The molecular weight excluding hydrogens is 346 g/mol. The molecule has 0 aliphatic heterocycles. The van der Waals surface area contributed by atoms with E-state index in [4.69, 9.17) is 15.5 Å². The summed E-state index contributed by atoms with van der Waals surface area (Å²) < 4.78 is 5.31. The minimum Gasteiger partial charge on any atom is -0.462 e. The predicted molar refractivity (Wildman–Crippen MR) is 105 cm³/mol. The molecule has 3 heterocycles. The van der Waals surface area contributed by atoms with Gasteiger partial charge in [-0.1, -0.05) is 6.07 Å². The van der Waals surface area contributed by atoms with Gasteiger partial charge < -0.3 is 10.5 Å². The number of pyridine rings is 2. The number of carbonyl (C=O) groups is 1. The van der Waals surface area contributed by atoms with E-state index in [1.807, 2.05) is 24.4 Å². The molecule has 0 bridgehead atoms. The Morgan fingerprint density at radius 2 is 2.12 bits per heavy atom. The Morgan fingerprint density at radius 3 is 2.85 bits per heavy atom. The molecule has 26 heavy (non-hydrogen) atoms. The van der Waals surface area contributed by atoms with E-state index in [0.29, 0.717) is 29.2 Å². The molecule has 4 rings (SSSR count). The van der Waals surface area contributed by atoms with E-state index in [0.717, 1.165) is 52.8 Å². The Kier molecular flexibility index (Phi) is 4.36. The van der Waals surface area contributed by atoms with Crippen molar-refractivity contribution in [1.82, 2.24) is 9.97 Å². The van der Waals surface area contributed by atoms with E-state index < -0.39 is 0 Å². The van der Waals surface area contributed by atoms with Crippen LogP contribution in [0.15, 0.2) is 17.5 Å². The topological polar surface area (TPSA) is 78.1 Å². The molecule has 0 saturated carbocycles. The van der Waals surface area contributed by atoms with Gasteiger partial charge in [0, 0.05) is 21.8 Å². The Balaban J connectivity index is 2.12. The third kappa shape index (κ3) is 2.65. The molecule has 3 aromatic heterocycles. The fourth-order valence-electron chi connectivity index (χ4n) is 3.73. The second kappa shape index (κ2) is 6.68. The monoisotopic (exact) mass is 367 g/mol. The van der Waals surface area contributed by atoms with Crippen LogP contribution < -0.4 is 5.73 Å². The van der Waals surface area contributed by atoms with Gasteiger partial charge in [0.15, 0.2) is 5.65 Å². The SMILES string of the molecule is CCOC(=O)c1c(C)nc2nc3c(c(N)c2c1-c1cccs1)CCCC3. The molecule has 1 aliphatic rings. The van der Waals surface area contributed by atoms with E-state index in [2.05, 4.69) is 4.98 Å². The van der Waals surface area contributed by atoms with E-state index in [1.165, 1.54) is 0 Å². The highest BCUT2D eigenvalue weighted by Crippen LogP contribution is 2.41. The van der Waals surface area contributed by atoms with Gasteiger partial charge in [0.25, 0.3) is 0 Å². The number of hydrogen-bond acceptors (Lipinski definition) is 6. The predicted octanol–water partition coefficient (Wildman–Crippen LogP) is 4.30. The summed E-state index contributed by atoms with van der Waals surface area (Å²) in [6, 6.07) is 3.97. The number of carbonyl (C=O) groups excluding carboxylic acids is 1. The van der Waals surface area contributed by atoms with Crippen molar-refractivity contribution in [1.29, 1.82) is 0 Å². The van der Waals surface area contributed by atoms with Crippen molar-refractivity contribution < 1.29 is 9.53 Å². The van der Waals surface area contributed by atoms with Gasteiger partial charge in [-0.15, -0.1) is 11.3 Å². The number of rotatable bonds is 3. The van der Waals surface area contributed by atoms with Crippen molar-refractivity contribution in [3.8, 4) is 10.4 Å². The summed E-state index contributed by atoms with van der Waals surface area (Å²) in [6.45, 7) is 3.96. The van der Waals surface area contributed by atoms with Crippen molar-refractivity contribution in [3.63, 3.8) is 0 Å². The number of hydrogen-bond donors (Lipinski definition) is 1. The van der Waals surface area contributed by atoms with Crippen molar-refractivity contribution in [2.24, 2.45) is 0 Å². The van der Waals surface area contributed by atoms with Gasteiger partial charge in [-0.3, -0.25) is 0 Å². The molecule has 0 fully saturated rings. The number of fused-ring (bicyclic) bond motifs is 2. The van der Waals surface area contributed by atoms with E-state index in [-0.39, 0.29) is 5.97 Å². The highest BCUT2D eigenvalue weighted by atomic mass is 32.1. The molecular formula is C20H21N3O2S.